The number of nitrogens with zero attached hydrogens (tertiary/aromatic N) is 1. The summed E-state index contributed by atoms with van der Waals surface area (Å²) in [6.07, 6.45) is 1.61. The van der Waals surface area contributed by atoms with Gasteiger partial charge in [0.15, 0.2) is 6.10 Å². The second kappa shape index (κ2) is 4.85. The quantitative estimate of drug-likeness (QED) is 0.873. The van der Waals surface area contributed by atoms with Crippen LogP contribution in [0.4, 0.5) is 11.5 Å². The van der Waals surface area contributed by atoms with Crippen molar-refractivity contribution in [2.75, 3.05) is 11.1 Å². The summed E-state index contributed by atoms with van der Waals surface area (Å²) in [6.45, 7) is 1.87. The molecule has 1 aromatic carbocycles. The monoisotopic (exact) mass is 269 g/mol. The highest BCUT2D eigenvalue weighted by Crippen LogP contribution is 2.28. The van der Waals surface area contributed by atoms with Gasteiger partial charge in [-0.2, -0.15) is 0 Å². The van der Waals surface area contributed by atoms with E-state index in [1.165, 1.54) is 6.20 Å². The topological polar surface area (TPSA) is 77.2 Å². The molecule has 0 saturated carbocycles. The lowest BCUT2D eigenvalue weighted by Crippen LogP contribution is -2.31. The molecule has 0 fully saturated rings. The van der Waals surface area contributed by atoms with E-state index in [-0.39, 0.29) is 5.91 Å². The van der Waals surface area contributed by atoms with Crippen molar-refractivity contribution in [2.24, 2.45) is 0 Å². The van der Waals surface area contributed by atoms with Crippen LogP contribution in [0.15, 0.2) is 36.5 Å². The number of fused-ring (bicyclic) bond motifs is 1. The first-order valence-electron chi connectivity index (χ1n) is 6.41. The van der Waals surface area contributed by atoms with E-state index in [2.05, 4.69) is 10.3 Å². The first kappa shape index (κ1) is 12.5. The molecule has 0 spiro atoms. The van der Waals surface area contributed by atoms with Crippen LogP contribution in [0.25, 0.3) is 0 Å². The number of hydrogen-bond acceptors (Lipinski definition) is 4. The summed E-state index contributed by atoms with van der Waals surface area (Å²) in [5, 5.41) is 2.76. The average molecular weight is 269 g/mol. The zero-order valence-electron chi connectivity index (χ0n) is 11.1. The molecule has 102 valence electrons. The van der Waals surface area contributed by atoms with Crippen LogP contribution in [0.1, 0.15) is 11.1 Å². The van der Waals surface area contributed by atoms with E-state index in [1.54, 1.807) is 6.07 Å². The molecule has 3 rings (SSSR count). The number of nitrogen functional groups attached to an aromatic ring is 1. The molecule has 1 atom stereocenters. The maximum absolute atomic E-state index is 12.2. The average Bonchev–Trinajstić information content (AvgIpc) is 2.87. The molecule has 1 amide bonds. The van der Waals surface area contributed by atoms with Gasteiger partial charge in [0, 0.05) is 6.42 Å². The molecule has 3 N–H and O–H groups in total. The molecule has 5 heteroatoms. The number of pyridine rings is 1. The SMILES string of the molecule is Cc1cc(NC(=O)C2Cc3ccccc3O2)ncc1N. The predicted octanol–water partition coefficient (Wildman–Crippen LogP) is 1.91. The van der Waals surface area contributed by atoms with Crippen LogP contribution in [0.3, 0.4) is 0 Å². The van der Waals surface area contributed by atoms with Crippen LogP contribution in [0, 0.1) is 6.92 Å². The Labute approximate surface area is 116 Å². The molecule has 1 aliphatic rings. The number of anilines is 2. The number of nitrogens with two attached hydrogens (primary N) is 1. The minimum absolute atomic E-state index is 0.196. The number of nitrogens with one attached hydrogen (secondary N) is 1. The number of hydrogen-bond donors (Lipinski definition) is 2. The van der Waals surface area contributed by atoms with Gasteiger partial charge in [-0.15, -0.1) is 0 Å². The summed E-state index contributed by atoms with van der Waals surface area (Å²) in [6, 6.07) is 9.41. The summed E-state index contributed by atoms with van der Waals surface area (Å²) in [7, 11) is 0. The number of para-hydroxylation sites is 1. The van der Waals surface area contributed by atoms with Crippen molar-refractivity contribution < 1.29 is 9.53 Å². The molecule has 5 nitrogen and oxygen atoms in total. The standard InChI is InChI=1S/C15H15N3O2/c1-9-6-14(17-8-11(9)16)18-15(19)13-7-10-4-2-3-5-12(10)20-13/h2-6,8,13H,7,16H2,1H3,(H,17,18,19). The van der Waals surface area contributed by atoms with Crippen molar-refractivity contribution in [3.8, 4) is 5.75 Å². The number of rotatable bonds is 2. The Morgan fingerprint density at radius 1 is 1.45 bits per heavy atom. The van der Waals surface area contributed by atoms with Crippen molar-refractivity contribution in [2.45, 2.75) is 19.4 Å². The third-order valence-corrected chi connectivity index (χ3v) is 3.34. The smallest absolute Gasteiger partial charge is 0.266 e. The fourth-order valence-electron chi connectivity index (χ4n) is 2.17. The van der Waals surface area contributed by atoms with Gasteiger partial charge in [-0.05, 0) is 30.2 Å². The normalized spacial score (nSPS) is 16.4. The largest absolute Gasteiger partial charge is 0.480 e. The highest BCUT2D eigenvalue weighted by molar-refractivity contribution is 5.94. The zero-order chi connectivity index (χ0) is 14.1. The van der Waals surface area contributed by atoms with Crippen LogP contribution in [0.5, 0.6) is 5.75 Å². The number of aromatic nitrogens is 1. The van der Waals surface area contributed by atoms with Crippen molar-refractivity contribution >= 4 is 17.4 Å². The maximum Gasteiger partial charge on any atom is 0.266 e. The van der Waals surface area contributed by atoms with E-state index in [9.17, 15) is 4.79 Å². The summed E-state index contributed by atoms with van der Waals surface area (Å²) in [5.74, 6) is 1.06. The second-order valence-corrected chi connectivity index (χ2v) is 4.83. The Bertz CT molecular complexity index is 645. The van der Waals surface area contributed by atoms with Crippen LogP contribution >= 0.6 is 0 Å². The molecule has 1 unspecified atom stereocenters. The van der Waals surface area contributed by atoms with E-state index >= 15 is 0 Å². The molecule has 0 aliphatic carbocycles. The Kier molecular flexibility index (Phi) is 3.02. The van der Waals surface area contributed by atoms with Crippen molar-refractivity contribution in [1.29, 1.82) is 0 Å². The number of amides is 1. The number of ether oxygens (including phenoxy) is 1. The van der Waals surface area contributed by atoms with Gasteiger partial charge in [-0.1, -0.05) is 18.2 Å². The summed E-state index contributed by atoms with van der Waals surface area (Å²) >= 11 is 0. The summed E-state index contributed by atoms with van der Waals surface area (Å²) in [4.78, 5) is 16.3. The van der Waals surface area contributed by atoms with Gasteiger partial charge in [0.05, 0.1) is 11.9 Å². The Balaban J connectivity index is 1.71. The number of carbonyl (C=O) groups excluding carboxylic acids is 1. The zero-order valence-corrected chi connectivity index (χ0v) is 11.1. The van der Waals surface area contributed by atoms with Crippen LogP contribution in [-0.2, 0) is 11.2 Å². The van der Waals surface area contributed by atoms with Crippen molar-refractivity contribution in [3.63, 3.8) is 0 Å². The Morgan fingerprint density at radius 3 is 3.00 bits per heavy atom. The third kappa shape index (κ3) is 2.30. The first-order chi connectivity index (χ1) is 9.63. The van der Waals surface area contributed by atoms with Gasteiger partial charge in [-0.3, -0.25) is 4.79 Å². The van der Waals surface area contributed by atoms with E-state index in [0.29, 0.717) is 17.9 Å². The van der Waals surface area contributed by atoms with Gasteiger partial charge in [-0.25, -0.2) is 4.98 Å². The Hall–Kier alpha value is -2.56. The predicted molar refractivity (Wildman–Crippen MR) is 76.6 cm³/mol. The highest BCUT2D eigenvalue weighted by atomic mass is 16.5. The number of benzene rings is 1. The van der Waals surface area contributed by atoms with Gasteiger partial charge < -0.3 is 15.8 Å². The maximum atomic E-state index is 12.2. The minimum Gasteiger partial charge on any atom is -0.480 e. The lowest BCUT2D eigenvalue weighted by Gasteiger charge is -2.11. The van der Waals surface area contributed by atoms with E-state index in [1.807, 2.05) is 31.2 Å². The number of aryl methyl sites for hydroxylation is 1. The van der Waals surface area contributed by atoms with E-state index < -0.39 is 6.10 Å². The molecule has 0 radical (unpaired) electrons. The molecule has 1 aromatic heterocycles. The van der Waals surface area contributed by atoms with Gasteiger partial charge >= 0.3 is 0 Å². The molecule has 0 saturated heterocycles. The van der Waals surface area contributed by atoms with Gasteiger partial charge in [0.25, 0.3) is 5.91 Å². The van der Waals surface area contributed by atoms with Gasteiger partial charge in [0.2, 0.25) is 0 Å². The molecular formula is C15H15N3O2. The molecule has 0 bridgehead atoms. The lowest BCUT2D eigenvalue weighted by atomic mass is 10.1. The second-order valence-electron chi connectivity index (χ2n) is 4.83. The van der Waals surface area contributed by atoms with Crippen LogP contribution < -0.4 is 15.8 Å². The third-order valence-electron chi connectivity index (χ3n) is 3.34. The first-order valence-corrected chi connectivity index (χ1v) is 6.41. The molecular weight excluding hydrogens is 254 g/mol. The molecule has 1 aliphatic heterocycles. The van der Waals surface area contributed by atoms with E-state index in [0.717, 1.165) is 16.9 Å². The fourth-order valence-corrected chi connectivity index (χ4v) is 2.17. The number of carbonyl (C=O) groups is 1. The van der Waals surface area contributed by atoms with Crippen molar-refractivity contribution in [3.05, 3.63) is 47.7 Å². The van der Waals surface area contributed by atoms with Crippen molar-refractivity contribution in [1.82, 2.24) is 4.98 Å². The molecule has 2 aromatic rings. The fraction of sp³-hybridized carbons (Fsp3) is 0.200. The summed E-state index contributed by atoms with van der Waals surface area (Å²) < 4.78 is 5.63. The van der Waals surface area contributed by atoms with Gasteiger partial charge in [0.1, 0.15) is 11.6 Å². The molecule has 20 heavy (non-hydrogen) atoms. The highest BCUT2D eigenvalue weighted by Gasteiger charge is 2.28. The van der Waals surface area contributed by atoms with Crippen LogP contribution in [-0.4, -0.2) is 17.0 Å². The Morgan fingerprint density at radius 2 is 2.25 bits per heavy atom. The van der Waals surface area contributed by atoms with E-state index in [4.69, 9.17) is 10.5 Å². The van der Waals surface area contributed by atoms with Crippen LogP contribution in [0.2, 0.25) is 0 Å². The minimum atomic E-state index is -0.507. The molecule has 2 heterocycles. The lowest BCUT2D eigenvalue weighted by molar-refractivity contribution is -0.122. The summed E-state index contributed by atoms with van der Waals surface area (Å²) in [5.41, 5.74) is 8.23.